The summed E-state index contributed by atoms with van der Waals surface area (Å²) in [5, 5.41) is 18.5. The Morgan fingerprint density at radius 1 is 1.03 bits per heavy atom. The number of para-hydroxylation sites is 1. The number of phenolic OH excluding ortho intramolecular Hbond substituents is 1. The van der Waals surface area contributed by atoms with Gasteiger partial charge in [0, 0.05) is 50.0 Å². The number of nitrogens with two attached hydrogens (primary N) is 1. The van der Waals surface area contributed by atoms with Crippen molar-refractivity contribution in [2.75, 3.05) is 41.7 Å². The lowest BCUT2D eigenvalue weighted by atomic mass is 10.1. The van der Waals surface area contributed by atoms with Gasteiger partial charge in [0.15, 0.2) is 5.82 Å². The Bertz CT molecular complexity index is 1120. The summed E-state index contributed by atoms with van der Waals surface area (Å²) in [5.74, 6) is 6.76. The van der Waals surface area contributed by atoms with Crippen LogP contribution in [-0.2, 0) is 0 Å². The van der Waals surface area contributed by atoms with E-state index in [-0.39, 0.29) is 5.75 Å². The van der Waals surface area contributed by atoms with Crippen LogP contribution in [0.1, 0.15) is 25.5 Å². The van der Waals surface area contributed by atoms with Crippen LogP contribution in [0.15, 0.2) is 48.7 Å². The molecular formula is C24H26N6O. The fourth-order valence-electron chi connectivity index (χ4n) is 3.75. The van der Waals surface area contributed by atoms with Crippen molar-refractivity contribution in [2.45, 2.75) is 19.8 Å². The van der Waals surface area contributed by atoms with Crippen molar-refractivity contribution < 1.29 is 5.11 Å². The third kappa shape index (κ3) is 4.69. The van der Waals surface area contributed by atoms with Crippen LogP contribution >= 0.6 is 0 Å². The van der Waals surface area contributed by atoms with Crippen molar-refractivity contribution in [3.63, 3.8) is 0 Å². The third-order valence-corrected chi connectivity index (χ3v) is 5.32. The summed E-state index contributed by atoms with van der Waals surface area (Å²) in [6.07, 6.45) is 3.61. The number of rotatable bonds is 3. The van der Waals surface area contributed by atoms with E-state index in [1.807, 2.05) is 37.4 Å². The van der Waals surface area contributed by atoms with Gasteiger partial charge in [-0.1, -0.05) is 25.0 Å². The van der Waals surface area contributed by atoms with Crippen LogP contribution in [-0.4, -0.2) is 46.5 Å². The molecule has 1 fully saturated rings. The van der Waals surface area contributed by atoms with E-state index >= 15 is 0 Å². The minimum Gasteiger partial charge on any atom is -0.507 e. The standard InChI is InChI=1S/C24H26N6O/c1-2-3-7-18-16-19(10-11-26-18)29-12-6-13-30(15-14-29)22-17-21(27-28-24(22)25)20-8-4-5-9-23(20)31/h4-5,8-11,16-17,31H,2,6,12-15H2,1H3,(H2,25,28). The van der Waals surface area contributed by atoms with Crippen molar-refractivity contribution in [3.8, 4) is 28.8 Å². The fourth-order valence-corrected chi connectivity index (χ4v) is 3.75. The molecule has 1 aromatic carbocycles. The van der Waals surface area contributed by atoms with E-state index in [9.17, 15) is 5.11 Å². The predicted molar refractivity (Wildman–Crippen MR) is 124 cm³/mol. The molecule has 1 aliphatic heterocycles. The summed E-state index contributed by atoms with van der Waals surface area (Å²) in [6, 6.07) is 13.1. The van der Waals surface area contributed by atoms with Crippen LogP contribution in [0.5, 0.6) is 5.75 Å². The lowest BCUT2D eigenvalue weighted by Gasteiger charge is -2.25. The quantitative estimate of drug-likeness (QED) is 0.635. The van der Waals surface area contributed by atoms with Crippen LogP contribution in [0.3, 0.4) is 0 Å². The Kier molecular flexibility index (Phi) is 6.18. The minimum absolute atomic E-state index is 0.175. The average molecular weight is 415 g/mol. The number of phenols is 1. The number of benzene rings is 1. The van der Waals surface area contributed by atoms with Gasteiger partial charge in [-0.15, -0.1) is 10.2 Å². The van der Waals surface area contributed by atoms with Gasteiger partial charge in [0.1, 0.15) is 11.4 Å². The molecule has 0 bridgehead atoms. The normalized spacial score (nSPS) is 14.0. The number of aromatic hydroxyl groups is 1. The molecule has 2 aromatic heterocycles. The van der Waals surface area contributed by atoms with E-state index < -0.39 is 0 Å². The summed E-state index contributed by atoms with van der Waals surface area (Å²) in [4.78, 5) is 8.95. The Hall–Kier alpha value is -3.79. The monoisotopic (exact) mass is 414 g/mol. The molecule has 0 radical (unpaired) electrons. The number of nitrogen functional groups attached to an aromatic ring is 1. The van der Waals surface area contributed by atoms with E-state index in [4.69, 9.17) is 5.73 Å². The van der Waals surface area contributed by atoms with E-state index in [2.05, 4.69) is 42.9 Å². The van der Waals surface area contributed by atoms with Gasteiger partial charge in [-0.05, 0) is 42.7 Å². The molecule has 31 heavy (non-hydrogen) atoms. The molecule has 158 valence electrons. The summed E-state index contributed by atoms with van der Waals surface area (Å²) in [5.41, 5.74) is 10.2. The molecule has 1 aliphatic rings. The SMILES string of the molecule is CCC#Cc1cc(N2CCCN(c3cc(-c4ccccc4O)nnc3N)CC2)ccn1. The smallest absolute Gasteiger partial charge is 0.169 e. The third-order valence-electron chi connectivity index (χ3n) is 5.32. The largest absolute Gasteiger partial charge is 0.507 e. The molecule has 0 atom stereocenters. The molecular weight excluding hydrogens is 388 g/mol. The van der Waals surface area contributed by atoms with Gasteiger partial charge in [0.2, 0.25) is 0 Å². The second-order valence-electron chi connectivity index (χ2n) is 7.40. The molecule has 0 amide bonds. The van der Waals surface area contributed by atoms with Crippen LogP contribution in [0.2, 0.25) is 0 Å². The van der Waals surface area contributed by atoms with Crippen molar-refractivity contribution in [1.29, 1.82) is 0 Å². The zero-order chi connectivity index (χ0) is 21.6. The maximum Gasteiger partial charge on any atom is 0.169 e. The van der Waals surface area contributed by atoms with E-state index in [1.54, 1.807) is 12.1 Å². The summed E-state index contributed by atoms with van der Waals surface area (Å²) in [6.45, 7) is 5.48. The second kappa shape index (κ2) is 9.35. The Morgan fingerprint density at radius 2 is 1.84 bits per heavy atom. The first-order valence-corrected chi connectivity index (χ1v) is 10.5. The fraction of sp³-hybridized carbons (Fsp3) is 0.292. The molecule has 0 unspecified atom stereocenters. The molecule has 1 saturated heterocycles. The summed E-state index contributed by atoms with van der Waals surface area (Å²) in [7, 11) is 0. The molecule has 7 heteroatoms. The number of hydrogen-bond acceptors (Lipinski definition) is 7. The molecule has 7 nitrogen and oxygen atoms in total. The van der Waals surface area contributed by atoms with Crippen molar-refractivity contribution >= 4 is 17.2 Å². The maximum absolute atomic E-state index is 10.2. The Labute approximate surface area is 182 Å². The number of nitrogens with zero attached hydrogens (tertiary/aromatic N) is 5. The zero-order valence-corrected chi connectivity index (χ0v) is 17.6. The van der Waals surface area contributed by atoms with Crippen molar-refractivity contribution in [2.24, 2.45) is 0 Å². The first kappa shape index (κ1) is 20.5. The Balaban J connectivity index is 1.54. The highest BCUT2D eigenvalue weighted by Gasteiger charge is 2.19. The van der Waals surface area contributed by atoms with Gasteiger partial charge in [-0.2, -0.15) is 0 Å². The van der Waals surface area contributed by atoms with Crippen LogP contribution < -0.4 is 15.5 Å². The topological polar surface area (TPSA) is 91.4 Å². The van der Waals surface area contributed by atoms with Gasteiger partial charge in [-0.25, -0.2) is 4.98 Å². The van der Waals surface area contributed by atoms with Gasteiger partial charge in [0.05, 0.1) is 11.4 Å². The van der Waals surface area contributed by atoms with E-state index in [0.29, 0.717) is 17.1 Å². The van der Waals surface area contributed by atoms with Gasteiger partial charge >= 0.3 is 0 Å². The van der Waals surface area contributed by atoms with Crippen LogP contribution in [0, 0.1) is 11.8 Å². The molecule has 3 aromatic rings. The lowest BCUT2D eigenvalue weighted by molar-refractivity contribution is 0.477. The van der Waals surface area contributed by atoms with Gasteiger partial charge in [-0.3, -0.25) is 0 Å². The highest BCUT2D eigenvalue weighted by atomic mass is 16.3. The molecule has 0 aliphatic carbocycles. The average Bonchev–Trinajstić information content (AvgIpc) is 3.05. The van der Waals surface area contributed by atoms with Crippen LogP contribution in [0.4, 0.5) is 17.2 Å². The second-order valence-corrected chi connectivity index (χ2v) is 7.40. The molecule has 4 rings (SSSR count). The summed E-state index contributed by atoms with van der Waals surface area (Å²) < 4.78 is 0. The maximum atomic E-state index is 10.2. The molecule has 0 spiro atoms. The highest BCUT2D eigenvalue weighted by molar-refractivity contribution is 5.74. The number of hydrogen-bond donors (Lipinski definition) is 2. The van der Waals surface area contributed by atoms with Crippen molar-refractivity contribution in [3.05, 3.63) is 54.4 Å². The zero-order valence-electron chi connectivity index (χ0n) is 17.6. The summed E-state index contributed by atoms with van der Waals surface area (Å²) >= 11 is 0. The van der Waals surface area contributed by atoms with Crippen molar-refractivity contribution in [1.82, 2.24) is 15.2 Å². The first-order valence-electron chi connectivity index (χ1n) is 10.5. The first-order chi connectivity index (χ1) is 15.2. The van der Waals surface area contributed by atoms with E-state index in [0.717, 1.165) is 56.1 Å². The minimum atomic E-state index is 0.175. The lowest BCUT2D eigenvalue weighted by Crippen LogP contribution is -2.31. The molecule has 3 heterocycles. The van der Waals surface area contributed by atoms with E-state index in [1.165, 1.54) is 0 Å². The van der Waals surface area contributed by atoms with Crippen LogP contribution in [0.25, 0.3) is 11.3 Å². The highest BCUT2D eigenvalue weighted by Crippen LogP contribution is 2.31. The van der Waals surface area contributed by atoms with Gasteiger partial charge in [0.25, 0.3) is 0 Å². The molecule has 3 N–H and O–H groups in total. The molecule has 0 saturated carbocycles. The predicted octanol–water partition coefficient (Wildman–Crippen LogP) is 3.30. The number of pyridine rings is 1. The number of anilines is 3. The van der Waals surface area contributed by atoms with Gasteiger partial charge < -0.3 is 20.6 Å². The number of aromatic nitrogens is 3. The Morgan fingerprint density at radius 3 is 2.68 bits per heavy atom.